The van der Waals surface area contributed by atoms with Gasteiger partial charge in [-0.1, -0.05) is 6.58 Å². The zero-order chi connectivity index (χ0) is 10.0. The van der Waals surface area contributed by atoms with Gasteiger partial charge >= 0.3 is 5.97 Å². The van der Waals surface area contributed by atoms with Crippen LogP contribution in [-0.4, -0.2) is 39.1 Å². The topological polar surface area (TPSA) is 57.6 Å². The van der Waals surface area contributed by atoms with Gasteiger partial charge in [-0.05, 0) is 13.0 Å². The zero-order valence-electron chi connectivity index (χ0n) is 7.27. The average Bonchev–Trinajstić information content (AvgIpc) is 2.46. The van der Waals surface area contributed by atoms with Crippen LogP contribution in [0.3, 0.4) is 0 Å². The third kappa shape index (κ3) is 1.85. The Kier molecular flexibility index (Phi) is 2.98. The molecule has 0 spiro atoms. The maximum Gasteiger partial charge on any atom is 0.327 e. The maximum atomic E-state index is 11.3. The van der Waals surface area contributed by atoms with Crippen molar-refractivity contribution < 1.29 is 14.7 Å². The number of carboxylic acid groups (broad SMARTS) is 1. The van der Waals surface area contributed by atoms with E-state index >= 15 is 0 Å². The minimum Gasteiger partial charge on any atom is -0.480 e. The number of aliphatic carboxylic acids is 1. The first-order valence-corrected chi connectivity index (χ1v) is 4.92. The molecule has 0 bridgehead atoms. The monoisotopic (exact) mass is 201 g/mol. The van der Waals surface area contributed by atoms with Crippen molar-refractivity contribution in [1.82, 2.24) is 4.90 Å². The van der Waals surface area contributed by atoms with E-state index in [4.69, 9.17) is 5.11 Å². The normalized spacial score (nSPS) is 27.3. The molecule has 0 aliphatic carbocycles. The molecule has 1 saturated heterocycles. The lowest BCUT2D eigenvalue weighted by Gasteiger charge is -2.23. The molecule has 0 aromatic rings. The van der Waals surface area contributed by atoms with E-state index in [2.05, 4.69) is 6.58 Å². The molecule has 0 radical (unpaired) electrons. The highest BCUT2D eigenvalue weighted by Gasteiger charge is 2.38. The van der Waals surface area contributed by atoms with Gasteiger partial charge in [0.25, 0.3) is 0 Å². The molecule has 0 aromatic heterocycles. The Morgan fingerprint density at radius 3 is 2.77 bits per heavy atom. The molecule has 1 aliphatic heterocycles. The van der Waals surface area contributed by atoms with Crippen LogP contribution in [0, 0.1) is 0 Å². The number of carboxylic acids is 1. The third-order valence-corrected chi connectivity index (χ3v) is 3.15. The summed E-state index contributed by atoms with van der Waals surface area (Å²) in [5, 5.41) is 8.73. The van der Waals surface area contributed by atoms with Crippen molar-refractivity contribution >= 4 is 23.6 Å². The minimum atomic E-state index is -0.952. The number of hydrogen-bond donors (Lipinski definition) is 1. The predicted octanol–water partition coefficient (Wildman–Crippen LogP) is 0.547. The molecule has 2 unspecified atom stereocenters. The average molecular weight is 201 g/mol. The predicted molar refractivity (Wildman–Crippen MR) is 50.4 cm³/mol. The lowest BCUT2D eigenvalue weighted by molar-refractivity contribution is -0.147. The summed E-state index contributed by atoms with van der Waals surface area (Å²) in [6.45, 7) is 5.15. The first-order valence-electron chi connectivity index (χ1n) is 3.87. The molecule has 1 N–H and O–H groups in total. The molecule has 1 aliphatic rings. The molecular formula is C8H11NO3S. The second-order valence-electron chi connectivity index (χ2n) is 2.74. The molecule has 1 rings (SSSR count). The van der Waals surface area contributed by atoms with Crippen LogP contribution in [0.2, 0.25) is 0 Å². The van der Waals surface area contributed by atoms with Crippen molar-refractivity contribution in [3.63, 3.8) is 0 Å². The van der Waals surface area contributed by atoms with Gasteiger partial charge in [0.15, 0.2) is 0 Å². The van der Waals surface area contributed by atoms with E-state index in [0.29, 0.717) is 5.75 Å². The summed E-state index contributed by atoms with van der Waals surface area (Å²) >= 11 is 1.46. The first-order chi connectivity index (χ1) is 6.07. The molecule has 5 heteroatoms. The van der Waals surface area contributed by atoms with Gasteiger partial charge < -0.3 is 10.0 Å². The van der Waals surface area contributed by atoms with Gasteiger partial charge in [0.1, 0.15) is 6.04 Å². The molecular weight excluding hydrogens is 190 g/mol. The first kappa shape index (κ1) is 10.1. The zero-order valence-corrected chi connectivity index (χ0v) is 8.08. The Balaban J connectivity index is 2.82. The summed E-state index contributed by atoms with van der Waals surface area (Å²) < 4.78 is 0. The molecule has 1 fully saturated rings. The van der Waals surface area contributed by atoms with Gasteiger partial charge in [-0.25, -0.2) is 4.79 Å². The Bertz CT molecular complexity index is 254. The van der Waals surface area contributed by atoms with Gasteiger partial charge in [0.2, 0.25) is 5.91 Å². The molecule has 0 saturated carbocycles. The maximum absolute atomic E-state index is 11.3. The second kappa shape index (κ2) is 3.83. The molecule has 72 valence electrons. The van der Waals surface area contributed by atoms with E-state index < -0.39 is 12.0 Å². The highest BCUT2D eigenvalue weighted by molar-refractivity contribution is 8.00. The molecule has 2 atom stereocenters. The summed E-state index contributed by atoms with van der Waals surface area (Å²) in [7, 11) is 0. The van der Waals surface area contributed by atoms with E-state index in [9.17, 15) is 9.59 Å². The number of rotatable bonds is 2. The Hall–Kier alpha value is -0.970. The summed E-state index contributed by atoms with van der Waals surface area (Å²) in [6, 6.07) is -0.703. The molecule has 13 heavy (non-hydrogen) atoms. The van der Waals surface area contributed by atoms with Crippen LogP contribution in [0.15, 0.2) is 12.7 Å². The smallest absolute Gasteiger partial charge is 0.327 e. The fourth-order valence-electron chi connectivity index (χ4n) is 1.27. The fourth-order valence-corrected chi connectivity index (χ4v) is 2.45. The third-order valence-electron chi connectivity index (χ3n) is 1.94. The highest BCUT2D eigenvalue weighted by Crippen LogP contribution is 2.28. The molecule has 1 heterocycles. The van der Waals surface area contributed by atoms with Crippen LogP contribution in [0.4, 0.5) is 0 Å². The van der Waals surface area contributed by atoms with E-state index in [1.807, 2.05) is 6.92 Å². The van der Waals surface area contributed by atoms with Crippen LogP contribution >= 0.6 is 11.8 Å². The SMILES string of the molecule is C=CC(=O)N1C(C)SCC1C(=O)O. The van der Waals surface area contributed by atoms with Crippen molar-refractivity contribution in [3.05, 3.63) is 12.7 Å². The van der Waals surface area contributed by atoms with Crippen LogP contribution in [-0.2, 0) is 9.59 Å². The van der Waals surface area contributed by atoms with Crippen molar-refractivity contribution in [2.24, 2.45) is 0 Å². The van der Waals surface area contributed by atoms with Gasteiger partial charge in [0, 0.05) is 5.75 Å². The van der Waals surface area contributed by atoms with E-state index in [1.54, 1.807) is 0 Å². The molecule has 0 aromatic carbocycles. The Morgan fingerprint density at radius 1 is 1.69 bits per heavy atom. The quantitative estimate of drug-likeness (QED) is 0.663. The Labute approximate surface area is 80.6 Å². The summed E-state index contributed by atoms with van der Waals surface area (Å²) in [4.78, 5) is 23.4. The van der Waals surface area contributed by atoms with Crippen LogP contribution < -0.4 is 0 Å². The molecule has 4 nitrogen and oxygen atoms in total. The van der Waals surface area contributed by atoms with Crippen molar-refractivity contribution in [1.29, 1.82) is 0 Å². The Morgan fingerprint density at radius 2 is 2.31 bits per heavy atom. The highest BCUT2D eigenvalue weighted by atomic mass is 32.2. The second-order valence-corrected chi connectivity index (χ2v) is 4.09. The standard InChI is InChI=1S/C8H11NO3S/c1-3-7(10)9-5(2)13-4-6(9)8(11)12/h3,5-6H,1,4H2,2H3,(H,11,12). The van der Waals surface area contributed by atoms with Crippen LogP contribution in [0.25, 0.3) is 0 Å². The fraction of sp³-hybridized carbons (Fsp3) is 0.500. The summed E-state index contributed by atoms with van der Waals surface area (Å²) in [6.07, 6.45) is 1.15. The van der Waals surface area contributed by atoms with E-state index in [0.717, 1.165) is 6.08 Å². The number of carbonyl (C=O) groups excluding carboxylic acids is 1. The van der Waals surface area contributed by atoms with Gasteiger partial charge in [-0.2, -0.15) is 0 Å². The van der Waals surface area contributed by atoms with Crippen molar-refractivity contribution in [2.45, 2.75) is 18.3 Å². The lowest BCUT2D eigenvalue weighted by Crippen LogP contribution is -2.43. The number of hydrogen-bond acceptors (Lipinski definition) is 3. The summed E-state index contributed by atoms with van der Waals surface area (Å²) in [5.74, 6) is -0.812. The molecule has 1 amide bonds. The van der Waals surface area contributed by atoms with Crippen LogP contribution in [0.5, 0.6) is 0 Å². The van der Waals surface area contributed by atoms with Crippen molar-refractivity contribution in [3.8, 4) is 0 Å². The van der Waals surface area contributed by atoms with Gasteiger partial charge in [0.05, 0.1) is 5.37 Å². The van der Waals surface area contributed by atoms with Gasteiger partial charge in [-0.15, -0.1) is 11.8 Å². The van der Waals surface area contributed by atoms with Gasteiger partial charge in [-0.3, -0.25) is 4.79 Å². The van der Waals surface area contributed by atoms with E-state index in [1.165, 1.54) is 16.7 Å². The lowest BCUT2D eigenvalue weighted by atomic mass is 10.3. The minimum absolute atomic E-state index is 0.0772. The summed E-state index contributed by atoms with van der Waals surface area (Å²) in [5.41, 5.74) is 0. The number of amides is 1. The number of carbonyl (C=O) groups is 2. The largest absolute Gasteiger partial charge is 0.480 e. The van der Waals surface area contributed by atoms with E-state index in [-0.39, 0.29) is 11.3 Å². The number of nitrogens with zero attached hydrogens (tertiary/aromatic N) is 1. The van der Waals surface area contributed by atoms with Crippen molar-refractivity contribution in [2.75, 3.05) is 5.75 Å². The van der Waals surface area contributed by atoms with Crippen LogP contribution in [0.1, 0.15) is 6.92 Å². The number of thioether (sulfide) groups is 1.